The average Bonchev–Trinajstić information content (AvgIpc) is 2.86. The summed E-state index contributed by atoms with van der Waals surface area (Å²) in [5.41, 5.74) is -0.905. The summed E-state index contributed by atoms with van der Waals surface area (Å²) in [5, 5.41) is 2.97. The summed E-state index contributed by atoms with van der Waals surface area (Å²) in [4.78, 5) is 26.7. The van der Waals surface area contributed by atoms with Gasteiger partial charge in [0.05, 0.1) is 5.60 Å². The van der Waals surface area contributed by atoms with E-state index in [1.54, 1.807) is 18.9 Å². The molecule has 1 saturated heterocycles. The number of piperazine rings is 1. The summed E-state index contributed by atoms with van der Waals surface area (Å²) in [6.07, 6.45) is 4.29. The number of rotatable bonds is 4. The molecule has 0 radical (unpaired) electrons. The third-order valence-corrected chi connectivity index (χ3v) is 4.84. The molecule has 1 heterocycles. The highest BCUT2D eigenvalue weighted by Gasteiger charge is 2.50. The van der Waals surface area contributed by atoms with E-state index < -0.39 is 5.54 Å². The zero-order valence-electron chi connectivity index (χ0n) is 13.0. The molecule has 114 valence electrons. The summed E-state index contributed by atoms with van der Waals surface area (Å²) in [6, 6.07) is -0.388. The van der Waals surface area contributed by atoms with Crippen LogP contribution in [-0.4, -0.2) is 47.6 Å². The highest BCUT2D eigenvalue weighted by atomic mass is 16.5. The van der Waals surface area contributed by atoms with Crippen molar-refractivity contribution >= 4 is 11.8 Å². The van der Waals surface area contributed by atoms with Crippen molar-refractivity contribution in [1.82, 2.24) is 10.2 Å². The highest BCUT2D eigenvalue weighted by Crippen LogP contribution is 2.35. The van der Waals surface area contributed by atoms with Crippen molar-refractivity contribution < 1.29 is 14.3 Å². The van der Waals surface area contributed by atoms with Gasteiger partial charge < -0.3 is 15.0 Å². The first kappa shape index (κ1) is 15.3. The van der Waals surface area contributed by atoms with Crippen LogP contribution in [0, 0.1) is 0 Å². The minimum atomic E-state index is -0.624. The lowest BCUT2D eigenvalue weighted by Gasteiger charge is -2.44. The molecule has 2 rings (SSSR count). The van der Waals surface area contributed by atoms with Crippen molar-refractivity contribution in [1.29, 1.82) is 0 Å². The lowest BCUT2D eigenvalue weighted by molar-refractivity contribution is -0.155. The van der Waals surface area contributed by atoms with Gasteiger partial charge in [-0.1, -0.05) is 12.8 Å². The average molecular weight is 282 g/mol. The number of carbonyl (C=O) groups excluding carboxylic acids is 2. The van der Waals surface area contributed by atoms with Crippen LogP contribution in [0.25, 0.3) is 0 Å². The number of nitrogens with one attached hydrogen (secondary N) is 1. The summed E-state index contributed by atoms with van der Waals surface area (Å²) < 4.78 is 5.40. The number of methoxy groups -OCH3 is 1. The molecule has 1 aliphatic carbocycles. The van der Waals surface area contributed by atoms with Gasteiger partial charge in [0.2, 0.25) is 11.8 Å². The number of ether oxygens (including phenoxy) is 1. The largest absolute Gasteiger partial charge is 0.379 e. The van der Waals surface area contributed by atoms with Gasteiger partial charge in [0.15, 0.2) is 0 Å². The van der Waals surface area contributed by atoms with Crippen molar-refractivity contribution in [2.45, 2.75) is 70.1 Å². The molecule has 5 nitrogen and oxygen atoms in total. The van der Waals surface area contributed by atoms with Gasteiger partial charge in [-0.05, 0) is 40.0 Å². The maximum absolute atomic E-state index is 12.8. The van der Waals surface area contributed by atoms with Gasteiger partial charge in [0.1, 0.15) is 11.6 Å². The van der Waals surface area contributed by atoms with Gasteiger partial charge in [-0.15, -0.1) is 0 Å². The molecule has 1 N–H and O–H groups in total. The van der Waals surface area contributed by atoms with Gasteiger partial charge in [0.25, 0.3) is 0 Å². The molecular weight excluding hydrogens is 256 g/mol. The molecule has 0 aromatic rings. The number of nitrogens with zero attached hydrogens (tertiary/aromatic N) is 1. The molecule has 2 amide bonds. The van der Waals surface area contributed by atoms with Gasteiger partial charge >= 0.3 is 0 Å². The molecule has 0 aromatic carbocycles. The second kappa shape index (κ2) is 5.35. The van der Waals surface area contributed by atoms with E-state index in [0.717, 1.165) is 32.1 Å². The molecule has 1 aliphatic heterocycles. The number of hydrogen-bond acceptors (Lipinski definition) is 3. The van der Waals surface area contributed by atoms with Crippen LogP contribution in [-0.2, 0) is 14.3 Å². The van der Waals surface area contributed by atoms with Crippen molar-refractivity contribution in [2.75, 3.05) is 13.7 Å². The van der Waals surface area contributed by atoms with Crippen LogP contribution in [0.5, 0.6) is 0 Å². The van der Waals surface area contributed by atoms with E-state index in [4.69, 9.17) is 4.74 Å². The second-order valence-electron chi connectivity index (χ2n) is 6.67. The minimum Gasteiger partial charge on any atom is -0.379 e. The molecule has 2 fully saturated rings. The van der Waals surface area contributed by atoms with Gasteiger partial charge in [-0.25, -0.2) is 0 Å². The number of carbonyl (C=O) groups is 2. The lowest BCUT2D eigenvalue weighted by atomic mass is 9.90. The molecule has 1 spiro atoms. The molecule has 2 aliphatic rings. The highest BCUT2D eigenvalue weighted by molar-refractivity contribution is 5.99. The van der Waals surface area contributed by atoms with Crippen molar-refractivity contribution in [2.24, 2.45) is 0 Å². The van der Waals surface area contributed by atoms with E-state index in [1.807, 2.05) is 13.8 Å². The van der Waals surface area contributed by atoms with E-state index >= 15 is 0 Å². The van der Waals surface area contributed by atoms with Crippen molar-refractivity contribution in [3.63, 3.8) is 0 Å². The maximum atomic E-state index is 12.8. The van der Waals surface area contributed by atoms with Crippen molar-refractivity contribution in [3.05, 3.63) is 0 Å². The van der Waals surface area contributed by atoms with Crippen LogP contribution in [0.1, 0.15) is 52.9 Å². The predicted octanol–water partition coefficient (Wildman–Crippen LogP) is 1.46. The van der Waals surface area contributed by atoms with Crippen LogP contribution in [0.15, 0.2) is 0 Å². The Bertz CT molecular complexity index is 400. The number of hydrogen-bond donors (Lipinski definition) is 1. The summed E-state index contributed by atoms with van der Waals surface area (Å²) in [6.45, 7) is 6.36. The lowest BCUT2D eigenvalue weighted by Crippen LogP contribution is -2.69. The SMILES string of the molecule is COC(C)(C)CCN1C(=O)C2(CCCC2)NC(=O)C1C. The van der Waals surface area contributed by atoms with E-state index in [2.05, 4.69) is 5.32 Å². The van der Waals surface area contributed by atoms with Gasteiger partial charge in [-0.2, -0.15) is 0 Å². The Morgan fingerprint density at radius 1 is 1.35 bits per heavy atom. The minimum absolute atomic E-state index is 0.0262. The monoisotopic (exact) mass is 282 g/mol. The summed E-state index contributed by atoms with van der Waals surface area (Å²) in [5.74, 6) is 0.0655. The topological polar surface area (TPSA) is 58.6 Å². The fourth-order valence-corrected chi connectivity index (χ4v) is 3.09. The van der Waals surface area contributed by atoms with Crippen LogP contribution in [0.2, 0.25) is 0 Å². The molecule has 1 atom stereocenters. The Labute approximate surface area is 121 Å². The Morgan fingerprint density at radius 3 is 2.50 bits per heavy atom. The first-order valence-corrected chi connectivity index (χ1v) is 7.50. The predicted molar refractivity (Wildman–Crippen MR) is 76.2 cm³/mol. The fraction of sp³-hybridized carbons (Fsp3) is 0.867. The van der Waals surface area contributed by atoms with Gasteiger partial charge in [-0.3, -0.25) is 9.59 Å². The van der Waals surface area contributed by atoms with Crippen molar-refractivity contribution in [3.8, 4) is 0 Å². The Balaban J connectivity index is 2.12. The standard InChI is InChI=1S/C15H26N2O3/c1-11-12(18)16-15(7-5-6-8-15)13(19)17(11)10-9-14(2,3)20-4/h11H,5-10H2,1-4H3,(H,16,18). The van der Waals surface area contributed by atoms with E-state index in [0.29, 0.717) is 6.54 Å². The summed E-state index contributed by atoms with van der Waals surface area (Å²) >= 11 is 0. The third-order valence-electron chi connectivity index (χ3n) is 4.84. The zero-order valence-corrected chi connectivity index (χ0v) is 13.0. The van der Waals surface area contributed by atoms with Crippen LogP contribution >= 0.6 is 0 Å². The molecular formula is C15H26N2O3. The number of amides is 2. The Hall–Kier alpha value is -1.10. The smallest absolute Gasteiger partial charge is 0.248 e. The summed E-state index contributed by atoms with van der Waals surface area (Å²) in [7, 11) is 1.67. The molecule has 1 saturated carbocycles. The second-order valence-corrected chi connectivity index (χ2v) is 6.67. The molecule has 20 heavy (non-hydrogen) atoms. The maximum Gasteiger partial charge on any atom is 0.248 e. The molecule has 0 bridgehead atoms. The Morgan fingerprint density at radius 2 is 1.95 bits per heavy atom. The van der Waals surface area contributed by atoms with Crippen LogP contribution in [0.3, 0.4) is 0 Å². The zero-order chi connectivity index (χ0) is 15.0. The van der Waals surface area contributed by atoms with E-state index in [9.17, 15) is 9.59 Å². The molecule has 5 heteroatoms. The van der Waals surface area contributed by atoms with Crippen LogP contribution < -0.4 is 5.32 Å². The van der Waals surface area contributed by atoms with Crippen LogP contribution in [0.4, 0.5) is 0 Å². The van der Waals surface area contributed by atoms with Gasteiger partial charge in [0, 0.05) is 13.7 Å². The Kier molecular flexibility index (Phi) is 4.09. The fourth-order valence-electron chi connectivity index (χ4n) is 3.09. The van der Waals surface area contributed by atoms with E-state index in [1.165, 1.54) is 0 Å². The normalized spacial score (nSPS) is 26.2. The molecule has 0 aromatic heterocycles. The molecule has 1 unspecified atom stereocenters. The van der Waals surface area contributed by atoms with E-state index in [-0.39, 0.29) is 23.5 Å². The first-order valence-electron chi connectivity index (χ1n) is 7.50. The quantitative estimate of drug-likeness (QED) is 0.849. The first-order chi connectivity index (χ1) is 9.31. The third kappa shape index (κ3) is 2.68.